The third-order valence-corrected chi connectivity index (χ3v) is 2.54. The van der Waals surface area contributed by atoms with E-state index in [2.05, 4.69) is 16.6 Å². The first-order valence-corrected chi connectivity index (χ1v) is 5.87. The van der Waals surface area contributed by atoms with Gasteiger partial charge in [0, 0.05) is 12.1 Å². The summed E-state index contributed by atoms with van der Waals surface area (Å²) in [4.78, 5) is 22.6. The molecule has 0 saturated heterocycles. The lowest BCUT2D eigenvalue weighted by Gasteiger charge is -2.11. The molecule has 4 heteroatoms. The first kappa shape index (κ1) is 14.5. The van der Waals surface area contributed by atoms with Gasteiger partial charge in [-0.15, -0.1) is 6.42 Å². The lowest BCUT2D eigenvalue weighted by molar-refractivity contribution is -0.117. The van der Waals surface area contributed by atoms with Gasteiger partial charge in [-0.1, -0.05) is 36.3 Å². The molecule has 1 rings (SSSR count). The summed E-state index contributed by atoms with van der Waals surface area (Å²) in [5, 5.41) is 5.56. The summed E-state index contributed by atoms with van der Waals surface area (Å²) in [7, 11) is 0. The fraction of sp³-hybridized carbons (Fsp3) is 0.200. The third-order valence-electron chi connectivity index (χ3n) is 2.54. The Bertz CT molecular complexity index is 527. The quantitative estimate of drug-likeness (QED) is 0.457. The molecule has 0 unspecified atom stereocenters. The Labute approximate surface area is 112 Å². The van der Waals surface area contributed by atoms with E-state index in [4.69, 9.17) is 6.42 Å². The lowest BCUT2D eigenvalue weighted by atomic mass is 10.1. The Balaban J connectivity index is 2.66. The molecule has 4 nitrogen and oxygen atoms in total. The van der Waals surface area contributed by atoms with Crippen LogP contribution in [-0.2, 0) is 11.3 Å². The summed E-state index contributed by atoms with van der Waals surface area (Å²) in [6.07, 6.45) is 7.54. The van der Waals surface area contributed by atoms with E-state index in [1.165, 1.54) is 0 Å². The maximum Gasteiger partial charge on any atom is 0.267 e. The summed E-state index contributed by atoms with van der Waals surface area (Å²) in [5.74, 6) is 2.08. The van der Waals surface area contributed by atoms with Crippen LogP contribution in [0.1, 0.15) is 22.8 Å². The zero-order valence-electron chi connectivity index (χ0n) is 10.8. The molecule has 0 radical (unpaired) electrons. The fourth-order valence-electron chi connectivity index (χ4n) is 1.54. The normalized spacial score (nSPS) is 10.4. The number of allylic oxidation sites excluding steroid dienone is 1. The molecular weight excluding hydrogens is 240 g/mol. The predicted molar refractivity (Wildman–Crippen MR) is 74.3 cm³/mol. The number of amides is 1. The second-order valence-corrected chi connectivity index (χ2v) is 3.76. The van der Waals surface area contributed by atoms with Crippen LogP contribution in [0.4, 0.5) is 0 Å². The Morgan fingerprint density at radius 2 is 2.11 bits per heavy atom. The molecule has 0 fully saturated rings. The van der Waals surface area contributed by atoms with Crippen LogP contribution in [-0.4, -0.2) is 18.7 Å². The summed E-state index contributed by atoms with van der Waals surface area (Å²) in [6.45, 7) is 2.34. The Kier molecular flexibility index (Phi) is 5.90. The number of aldehydes is 1. The summed E-state index contributed by atoms with van der Waals surface area (Å²) >= 11 is 0. The SMILES string of the molecule is C#CCNC(=O)/C(=C\C)NCc1ccccc1C=O. The molecule has 0 heterocycles. The highest BCUT2D eigenvalue weighted by Gasteiger charge is 2.07. The van der Waals surface area contributed by atoms with E-state index in [-0.39, 0.29) is 12.5 Å². The monoisotopic (exact) mass is 256 g/mol. The van der Waals surface area contributed by atoms with Crippen LogP contribution in [0, 0.1) is 12.3 Å². The predicted octanol–water partition coefficient (Wildman–Crippen LogP) is 1.24. The van der Waals surface area contributed by atoms with Crippen molar-refractivity contribution in [3.63, 3.8) is 0 Å². The number of benzene rings is 1. The van der Waals surface area contributed by atoms with Crippen molar-refractivity contribution in [2.45, 2.75) is 13.5 Å². The zero-order valence-corrected chi connectivity index (χ0v) is 10.8. The van der Waals surface area contributed by atoms with E-state index in [0.29, 0.717) is 17.8 Å². The minimum atomic E-state index is -0.260. The second kappa shape index (κ2) is 7.72. The molecule has 0 atom stereocenters. The lowest BCUT2D eigenvalue weighted by Crippen LogP contribution is -2.31. The minimum absolute atomic E-state index is 0.183. The maximum absolute atomic E-state index is 11.7. The van der Waals surface area contributed by atoms with Gasteiger partial charge in [-0.25, -0.2) is 0 Å². The standard InChI is InChI=1S/C15H16N2O2/c1-3-9-16-15(19)14(4-2)17-10-12-7-5-6-8-13(12)11-18/h1,4-8,11,17H,9-10H2,2H3,(H,16,19)/b14-4+. The average Bonchev–Trinajstić information content (AvgIpc) is 2.46. The third kappa shape index (κ3) is 4.32. The number of terminal acetylenes is 1. The fourth-order valence-corrected chi connectivity index (χ4v) is 1.54. The van der Waals surface area contributed by atoms with E-state index in [1.807, 2.05) is 12.1 Å². The van der Waals surface area contributed by atoms with Crippen molar-refractivity contribution >= 4 is 12.2 Å². The molecule has 1 amide bonds. The van der Waals surface area contributed by atoms with Crippen LogP contribution < -0.4 is 10.6 Å². The average molecular weight is 256 g/mol. The number of nitrogens with one attached hydrogen (secondary N) is 2. The van der Waals surface area contributed by atoms with E-state index in [1.54, 1.807) is 25.1 Å². The van der Waals surface area contributed by atoms with Gasteiger partial charge < -0.3 is 10.6 Å². The highest BCUT2D eigenvalue weighted by atomic mass is 16.2. The van der Waals surface area contributed by atoms with E-state index >= 15 is 0 Å². The van der Waals surface area contributed by atoms with E-state index in [0.717, 1.165) is 11.8 Å². The summed E-state index contributed by atoms with van der Waals surface area (Å²) < 4.78 is 0. The van der Waals surface area contributed by atoms with Crippen molar-refractivity contribution in [2.75, 3.05) is 6.54 Å². The van der Waals surface area contributed by atoms with Crippen LogP contribution in [0.15, 0.2) is 36.0 Å². The molecule has 0 saturated carbocycles. The van der Waals surface area contributed by atoms with Crippen LogP contribution in [0.3, 0.4) is 0 Å². The van der Waals surface area contributed by atoms with Crippen molar-refractivity contribution in [1.82, 2.24) is 10.6 Å². The second-order valence-electron chi connectivity index (χ2n) is 3.76. The van der Waals surface area contributed by atoms with Crippen molar-refractivity contribution in [3.05, 3.63) is 47.2 Å². The maximum atomic E-state index is 11.7. The van der Waals surface area contributed by atoms with Gasteiger partial charge in [-0.3, -0.25) is 9.59 Å². The van der Waals surface area contributed by atoms with Crippen molar-refractivity contribution < 1.29 is 9.59 Å². The molecular formula is C15H16N2O2. The Morgan fingerprint density at radius 1 is 1.37 bits per heavy atom. The molecule has 98 valence electrons. The molecule has 0 spiro atoms. The summed E-state index contributed by atoms with van der Waals surface area (Å²) in [6, 6.07) is 7.21. The topological polar surface area (TPSA) is 58.2 Å². The molecule has 1 aromatic rings. The smallest absolute Gasteiger partial charge is 0.267 e. The molecule has 0 aromatic heterocycles. The van der Waals surface area contributed by atoms with Gasteiger partial charge in [-0.2, -0.15) is 0 Å². The Morgan fingerprint density at radius 3 is 2.74 bits per heavy atom. The minimum Gasteiger partial charge on any atom is -0.377 e. The van der Waals surface area contributed by atoms with Gasteiger partial charge in [0.15, 0.2) is 0 Å². The number of hydrogen-bond acceptors (Lipinski definition) is 3. The Hall–Kier alpha value is -2.54. The van der Waals surface area contributed by atoms with E-state index < -0.39 is 0 Å². The molecule has 2 N–H and O–H groups in total. The molecule has 0 bridgehead atoms. The zero-order chi connectivity index (χ0) is 14.1. The number of carbonyl (C=O) groups excluding carboxylic acids is 2. The van der Waals surface area contributed by atoms with Crippen LogP contribution in [0.2, 0.25) is 0 Å². The molecule has 0 aliphatic heterocycles. The van der Waals surface area contributed by atoms with Gasteiger partial charge in [-0.05, 0) is 12.5 Å². The van der Waals surface area contributed by atoms with Gasteiger partial charge in [0.1, 0.15) is 6.29 Å². The van der Waals surface area contributed by atoms with Gasteiger partial charge in [0.25, 0.3) is 5.91 Å². The van der Waals surface area contributed by atoms with Crippen molar-refractivity contribution in [1.29, 1.82) is 0 Å². The van der Waals surface area contributed by atoms with Gasteiger partial charge in [0.2, 0.25) is 0 Å². The highest BCUT2D eigenvalue weighted by molar-refractivity contribution is 5.92. The van der Waals surface area contributed by atoms with Crippen molar-refractivity contribution in [3.8, 4) is 12.3 Å². The van der Waals surface area contributed by atoms with Crippen LogP contribution in [0.25, 0.3) is 0 Å². The number of rotatable bonds is 6. The highest BCUT2D eigenvalue weighted by Crippen LogP contribution is 2.06. The molecule has 19 heavy (non-hydrogen) atoms. The molecule has 0 aliphatic carbocycles. The van der Waals surface area contributed by atoms with Gasteiger partial charge in [0.05, 0.1) is 12.2 Å². The molecule has 0 aliphatic rings. The van der Waals surface area contributed by atoms with Crippen LogP contribution >= 0.6 is 0 Å². The van der Waals surface area contributed by atoms with Crippen LogP contribution in [0.5, 0.6) is 0 Å². The van der Waals surface area contributed by atoms with E-state index in [9.17, 15) is 9.59 Å². The van der Waals surface area contributed by atoms with Gasteiger partial charge >= 0.3 is 0 Å². The first-order valence-electron chi connectivity index (χ1n) is 5.87. The van der Waals surface area contributed by atoms with Crippen molar-refractivity contribution in [2.24, 2.45) is 0 Å². The molecule has 1 aromatic carbocycles. The first-order chi connectivity index (χ1) is 9.22. The largest absolute Gasteiger partial charge is 0.377 e. The number of carbonyl (C=O) groups is 2. The number of hydrogen-bond donors (Lipinski definition) is 2. The summed E-state index contributed by atoms with van der Waals surface area (Å²) in [5.41, 5.74) is 1.87.